The second kappa shape index (κ2) is 5.71. The first-order valence-electron chi connectivity index (χ1n) is 7.35. The number of hydrogen-bond donors (Lipinski definition) is 2. The molecule has 8 nitrogen and oxygen atoms in total. The van der Waals surface area contributed by atoms with Gasteiger partial charge in [-0.25, -0.2) is 0 Å². The normalized spacial score (nSPS) is 14.3. The Morgan fingerprint density at radius 1 is 1.48 bits per heavy atom. The molecule has 120 valence electrons. The first kappa shape index (κ1) is 15.0. The number of hydrogen-bond acceptors (Lipinski definition) is 5. The van der Waals surface area contributed by atoms with E-state index in [9.17, 15) is 14.9 Å². The fourth-order valence-corrected chi connectivity index (χ4v) is 2.65. The lowest BCUT2D eigenvalue weighted by molar-refractivity contribution is -0.385. The molecule has 8 heteroatoms. The summed E-state index contributed by atoms with van der Waals surface area (Å²) in [5, 5.41) is 18.1. The zero-order valence-corrected chi connectivity index (χ0v) is 12.7. The highest BCUT2D eigenvalue weighted by Gasteiger charge is 2.26. The zero-order valence-electron chi connectivity index (χ0n) is 12.7. The zero-order chi connectivity index (χ0) is 16.6. The average molecular weight is 315 g/mol. The van der Waals surface area contributed by atoms with E-state index < -0.39 is 10.8 Å². The van der Waals surface area contributed by atoms with Crippen LogP contribution in [-0.2, 0) is 7.05 Å². The highest BCUT2D eigenvalue weighted by atomic mass is 16.6. The van der Waals surface area contributed by atoms with Gasteiger partial charge in [-0.2, -0.15) is 5.10 Å². The third-order valence-electron chi connectivity index (χ3n) is 4.16. The molecule has 0 saturated heterocycles. The molecule has 23 heavy (non-hydrogen) atoms. The largest absolute Gasteiger partial charge is 0.398 e. The van der Waals surface area contributed by atoms with E-state index in [2.05, 4.69) is 10.4 Å². The minimum atomic E-state index is -0.617. The van der Waals surface area contributed by atoms with Crippen molar-refractivity contribution in [1.29, 1.82) is 0 Å². The van der Waals surface area contributed by atoms with Gasteiger partial charge >= 0.3 is 0 Å². The molecule has 1 aromatic heterocycles. The minimum Gasteiger partial charge on any atom is -0.398 e. The maximum atomic E-state index is 12.4. The van der Waals surface area contributed by atoms with Crippen molar-refractivity contribution in [2.75, 3.05) is 11.1 Å². The van der Waals surface area contributed by atoms with Gasteiger partial charge in [-0.05, 0) is 18.9 Å². The number of carbonyl (C=O) groups is 1. The molecule has 0 bridgehead atoms. The van der Waals surface area contributed by atoms with Crippen molar-refractivity contribution < 1.29 is 9.72 Å². The lowest BCUT2D eigenvalue weighted by atomic mass is 9.83. The number of aryl methyl sites for hydroxylation is 1. The monoisotopic (exact) mass is 315 g/mol. The van der Waals surface area contributed by atoms with Crippen molar-refractivity contribution in [2.45, 2.75) is 25.2 Å². The topological polar surface area (TPSA) is 116 Å². The van der Waals surface area contributed by atoms with Gasteiger partial charge in [-0.3, -0.25) is 19.6 Å². The second-order valence-corrected chi connectivity index (χ2v) is 5.66. The lowest BCUT2D eigenvalue weighted by Crippen LogP contribution is -2.17. The Morgan fingerprint density at radius 3 is 2.83 bits per heavy atom. The number of nitrogens with zero attached hydrogens (tertiary/aromatic N) is 3. The molecule has 3 rings (SSSR count). The van der Waals surface area contributed by atoms with Crippen LogP contribution in [0, 0.1) is 10.1 Å². The molecule has 0 unspecified atom stereocenters. The molecule has 0 atom stereocenters. The van der Waals surface area contributed by atoms with Gasteiger partial charge in [-0.1, -0.05) is 12.5 Å². The number of nitro groups is 1. The molecule has 1 aliphatic carbocycles. The van der Waals surface area contributed by atoms with E-state index in [1.165, 1.54) is 24.6 Å². The molecule has 1 fully saturated rings. The maximum absolute atomic E-state index is 12.4. The standard InChI is InChI=1S/C15H17N5O3/c1-19-13(8-11(18-19)9-4-2-5-9)17-15(21)14-10(16)6-3-7-12(14)20(22)23/h3,6-9H,2,4-5,16H2,1H3,(H,17,21). The first-order valence-corrected chi connectivity index (χ1v) is 7.35. The van der Waals surface area contributed by atoms with Crippen molar-refractivity contribution in [1.82, 2.24) is 9.78 Å². The van der Waals surface area contributed by atoms with Crippen LogP contribution in [0.1, 0.15) is 41.2 Å². The highest BCUT2D eigenvalue weighted by molar-refractivity contribution is 6.10. The molecule has 0 radical (unpaired) electrons. The Hall–Kier alpha value is -2.90. The van der Waals surface area contributed by atoms with Gasteiger partial charge in [0.15, 0.2) is 0 Å². The molecule has 1 saturated carbocycles. The number of nitrogens with two attached hydrogens (primary N) is 1. The molecule has 1 amide bonds. The molecule has 1 aliphatic rings. The molecular weight excluding hydrogens is 298 g/mol. The molecule has 1 aromatic carbocycles. The van der Waals surface area contributed by atoms with Crippen LogP contribution in [0.15, 0.2) is 24.3 Å². The van der Waals surface area contributed by atoms with Gasteiger partial charge in [0.1, 0.15) is 11.4 Å². The molecule has 3 N–H and O–H groups in total. The van der Waals surface area contributed by atoms with E-state index in [1.54, 1.807) is 11.7 Å². The van der Waals surface area contributed by atoms with E-state index in [0.717, 1.165) is 18.5 Å². The van der Waals surface area contributed by atoms with Crippen LogP contribution in [0.4, 0.5) is 17.2 Å². The summed E-state index contributed by atoms with van der Waals surface area (Å²) >= 11 is 0. The van der Waals surface area contributed by atoms with Crippen LogP contribution in [0.2, 0.25) is 0 Å². The smallest absolute Gasteiger partial charge is 0.284 e. The maximum Gasteiger partial charge on any atom is 0.284 e. The number of benzene rings is 1. The summed E-state index contributed by atoms with van der Waals surface area (Å²) in [6.07, 6.45) is 3.39. The Labute approximate surface area is 132 Å². The van der Waals surface area contributed by atoms with Gasteiger partial charge < -0.3 is 11.1 Å². The molecular formula is C15H17N5O3. The van der Waals surface area contributed by atoms with Gasteiger partial charge in [0, 0.05) is 25.1 Å². The van der Waals surface area contributed by atoms with Gasteiger partial charge in [0.2, 0.25) is 0 Å². The van der Waals surface area contributed by atoms with Crippen molar-refractivity contribution in [3.8, 4) is 0 Å². The fraction of sp³-hybridized carbons (Fsp3) is 0.333. The summed E-state index contributed by atoms with van der Waals surface area (Å²) in [7, 11) is 1.72. The van der Waals surface area contributed by atoms with Crippen LogP contribution >= 0.6 is 0 Å². The number of aromatic nitrogens is 2. The van der Waals surface area contributed by atoms with Crippen LogP contribution in [0.25, 0.3) is 0 Å². The van der Waals surface area contributed by atoms with Gasteiger partial charge in [0.05, 0.1) is 16.3 Å². The van der Waals surface area contributed by atoms with Gasteiger partial charge in [-0.15, -0.1) is 0 Å². The Bertz CT molecular complexity index is 779. The number of nitrogens with one attached hydrogen (secondary N) is 1. The van der Waals surface area contributed by atoms with Crippen molar-refractivity contribution in [2.24, 2.45) is 7.05 Å². The van der Waals surface area contributed by atoms with E-state index in [1.807, 2.05) is 6.07 Å². The molecule has 0 aliphatic heterocycles. The number of amides is 1. The summed E-state index contributed by atoms with van der Waals surface area (Å²) in [6, 6.07) is 5.98. The van der Waals surface area contributed by atoms with E-state index in [4.69, 9.17) is 5.73 Å². The van der Waals surface area contributed by atoms with Crippen LogP contribution in [-0.4, -0.2) is 20.6 Å². The Balaban J connectivity index is 1.88. The molecule has 0 spiro atoms. The predicted octanol–water partition coefficient (Wildman–Crippen LogP) is 2.43. The van der Waals surface area contributed by atoms with Crippen molar-refractivity contribution >= 4 is 23.1 Å². The predicted molar refractivity (Wildman–Crippen MR) is 85.3 cm³/mol. The van der Waals surface area contributed by atoms with Crippen molar-refractivity contribution in [3.05, 3.63) is 45.6 Å². The third kappa shape index (κ3) is 2.75. The third-order valence-corrected chi connectivity index (χ3v) is 4.16. The summed E-state index contributed by atoms with van der Waals surface area (Å²) in [5.41, 5.74) is 6.30. The number of nitro benzene ring substituents is 1. The second-order valence-electron chi connectivity index (χ2n) is 5.66. The number of anilines is 2. The summed E-state index contributed by atoms with van der Waals surface area (Å²) < 4.78 is 1.57. The molecule has 1 heterocycles. The molecule has 2 aromatic rings. The van der Waals surface area contributed by atoms with Gasteiger partial charge in [0.25, 0.3) is 11.6 Å². The Morgan fingerprint density at radius 2 is 2.22 bits per heavy atom. The summed E-state index contributed by atoms with van der Waals surface area (Å²) in [4.78, 5) is 22.9. The van der Waals surface area contributed by atoms with Crippen LogP contribution in [0.5, 0.6) is 0 Å². The van der Waals surface area contributed by atoms with Crippen LogP contribution < -0.4 is 11.1 Å². The van der Waals surface area contributed by atoms with Crippen LogP contribution in [0.3, 0.4) is 0 Å². The Kier molecular flexibility index (Phi) is 3.73. The SMILES string of the molecule is Cn1nc(C2CCC2)cc1NC(=O)c1c(N)cccc1[N+](=O)[O-]. The quantitative estimate of drug-likeness (QED) is 0.510. The van der Waals surface area contributed by atoms with E-state index in [-0.39, 0.29) is 16.9 Å². The number of nitrogen functional groups attached to an aromatic ring is 1. The summed E-state index contributed by atoms with van der Waals surface area (Å²) in [5.74, 6) is 0.315. The summed E-state index contributed by atoms with van der Waals surface area (Å²) in [6.45, 7) is 0. The first-order chi connectivity index (χ1) is 11.0. The fourth-order valence-electron chi connectivity index (χ4n) is 2.65. The van der Waals surface area contributed by atoms with E-state index >= 15 is 0 Å². The van der Waals surface area contributed by atoms with E-state index in [0.29, 0.717) is 11.7 Å². The number of rotatable bonds is 4. The minimum absolute atomic E-state index is 0.0677. The lowest BCUT2D eigenvalue weighted by Gasteiger charge is -2.22. The average Bonchev–Trinajstić information content (AvgIpc) is 2.76. The highest BCUT2D eigenvalue weighted by Crippen LogP contribution is 2.36. The number of carbonyl (C=O) groups excluding carboxylic acids is 1. The van der Waals surface area contributed by atoms with Crippen molar-refractivity contribution in [3.63, 3.8) is 0 Å².